The van der Waals surface area contributed by atoms with Crippen LogP contribution in [0, 0.1) is 0 Å². The van der Waals surface area contributed by atoms with E-state index in [0.29, 0.717) is 12.4 Å². The average molecular weight is 174 g/mol. The molecule has 0 atom stereocenters. The molecule has 0 unspecified atom stereocenters. The second-order valence-electron chi connectivity index (χ2n) is 2.82. The first kappa shape index (κ1) is 11.6. The number of aliphatic hydroxyl groups excluding tert-OH is 1. The van der Waals surface area contributed by atoms with Crippen molar-refractivity contribution in [3.63, 3.8) is 0 Å². The van der Waals surface area contributed by atoms with Crippen LogP contribution in [0.2, 0.25) is 0 Å². The van der Waals surface area contributed by atoms with Crippen LogP contribution in [0.15, 0.2) is 0 Å². The summed E-state index contributed by atoms with van der Waals surface area (Å²) in [5, 5.41) is 7.94. The van der Waals surface area contributed by atoms with E-state index >= 15 is 0 Å². The maximum atomic E-state index is 10.5. The fourth-order valence-corrected chi connectivity index (χ4v) is 1.04. The van der Waals surface area contributed by atoms with Gasteiger partial charge in [-0.05, 0) is 12.8 Å². The molecule has 0 aromatic rings. The van der Waals surface area contributed by atoms with E-state index in [9.17, 15) is 4.79 Å². The minimum Gasteiger partial charge on any atom is -0.394 e. The number of aliphatic hydroxyl groups is 1. The highest BCUT2D eigenvalue weighted by Gasteiger charge is 2.05. The molecule has 0 spiro atoms. The SMILES string of the molecule is COCCO.O=C1CCCCC1. The van der Waals surface area contributed by atoms with Gasteiger partial charge in [-0.1, -0.05) is 6.42 Å². The van der Waals surface area contributed by atoms with Crippen molar-refractivity contribution < 1.29 is 14.6 Å². The Morgan fingerprint density at radius 3 is 2.08 bits per heavy atom. The molecule has 3 heteroatoms. The van der Waals surface area contributed by atoms with Crippen molar-refractivity contribution in [3.05, 3.63) is 0 Å². The minimum atomic E-state index is 0.122. The monoisotopic (exact) mass is 174 g/mol. The van der Waals surface area contributed by atoms with Crippen LogP contribution >= 0.6 is 0 Å². The number of ketones is 1. The molecule has 0 aromatic carbocycles. The zero-order valence-corrected chi connectivity index (χ0v) is 7.71. The lowest BCUT2D eigenvalue weighted by Gasteiger charge is -2.05. The van der Waals surface area contributed by atoms with Crippen molar-refractivity contribution in [2.75, 3.05) is 20.3 Å². The first-order chi connectivity index (χ1) is 5.81. The van der Waals surface area contributed by atoms with Crippen LogP contribution in [0.5, 0.6) is 0 Å². The summed E-state index contributed by atoms with van der Waals surface area (Å²) in [6, 6.07) is 0. The van der Waals surface area contributed by atoms with Crippen molar-refractivity contribution in [2.45, 2.75) is 32.1 Å². The van der Waals surface area contributed by atoms with E-state index in [0.717, 1.165) is 25.7 Å². The van der Waals surface area contributed by atoms with Gasteiger partial charge in [0.2, 0.25) is 0 Å². The van der Waals surface area contributed by atoms with Crippen molar-refractivity contribution in [1.29, 1.82) is 0 Å². The van der Waals surface area contributed by atoms with E-state index in [1.807, 2.05) is 0 Å². The Morgan fingerprint density at radius 1 is 1.33 bits per heavy atom. The van der Waals surface area contributed by atoms with Gasteiger partial charge in [0.1, 0.15) is 5.78 Å². The van der Waals surface area contributed by atoms with E-state index in [2.05, 4.69) is 4.74 Å². The molecule has 0 radical (unpaired) electrons. The largest absolute Gasteiger partial charge is 0.394 e. The summed E-state index contributed by atoms with van der Waals surface area (Å²) in [6.07, 6.45) is 5.24. The van der Waals surface area contributed by atoms with Crippen LogP contribution < -0.4 is 0 Å². The first-order valence-electron chi connectivity index (χ1n) is 4.42. The van der Waals surface area contributed by atoms with Crippen molar-refractivity contribution in [1.82, 2.24) is 0 Å². The van der Waals surface area contributed by atoms with Crippen LogP contribution in [0.25, 0.3) is 0 Å². The highest BCUT2D eigenvalue weighted by Crippen LogP contribution is 2.12. The van der Waals surface area contributed by atoms with Gasteiger partial charge in [-0.25, -0.2) is 0 Å². The molecule has 3 nitrogen and oxygen atoms in total. The maximum Gasteiger partial charge on any atom is 0.132 e. The Balaban J connectivity index is 0.000000217. The number of carbonyl (C=O) groups excluding carboxylic acids is 1. The van der Waals surface area contributed by atoms with Crippen molar-refractivity contribution >= 4 is 5.78 Å². The van der Waals surface area contributed by atoms with Crippen LogP contribution in [0.1, 0.15) is 32.1 Å². The molecule has 1 N–H and O–H groups in total. The predicted molar refractivity (Wildman–Crippen MR) is 47.1 cm³/mol. The maximum absolute atomic E-state index is 10.5. The van der Waals surface area contributed by atoms with Crippen LogP contribution in [0.3, 0.4) is 0 Å². The van der Waals surface area contributed by atoms with Gasteiger partial charge in [-0.15, -0.1) is 0 Å². The fraction of sp³-hybridized carbons (Fsp3) is 0.889. The van der Waals surface area contributed by atoms with Crippen molar-refractivity contribution in [3.8, 4) is 0 Å². The van der Waals surface area contributed by atoms with Gasteiger partial charge in [-0.3, -0.25) is 4.79 Å². The Labute approximate surface area is 73.7 Å². The second-order valence-corrected chi connectivity index (χ2v) is 2.82. The van der Waals surface area contributed by atoms with E-state index in [4.69, 9.17) is 5.11 Å². The minimum absolute atomic E-state index is 0.122. The Bertz CT molecular complexity index is 102. The molecule has 0 aromatic heterocycles. The summed E-state index contributed by atoms with van der Waals surface area (Å²) in [5.74, 6) is 0.464. The van der Waals surface area contributed by atoms with Gasteiger partial charge in [0.25, 0.3) is 0 Å². The van der Waals surface area contributed by atoms with Crippen LogP contribution in [-0.2, 0) is 9.53 Å². The lowest BCUT2D eigenvalue weighted by Crippen LogP contribution is -2.02. The molecule has 1 aliphatic rings. The highest BCUT2D eigenvalue weighted by molar-refractivity contribution is 5.78. The Morgan fingerprint density at radius 2 is 1.92 bits per heavy atom. The van der Waals surface area contributed by atoms with Gasteiger partial charge >= 0.3 is 0 Å². The highest BCUT2D eigenvalue weighted by atomic mass is 16.5. The number of hydrogen-bond acceptors (Lipinski definition) is 3. The van der Waals surface area contributed by atoms with Gasteiger partial charge in [0.05, 0.1) is 13.2 Å². The zero-order valence-electron chi connectivity index (χ0n) is 7.71. The Hall–Kier alpha value is -0.410. The smallest absolute Gasteiger partial charge is 0.132 e. The van der Waals surface area contributed by atoms with Crippen LogP contribution in [0.4, 0.5) is 0 Å². The third-order valence-corrected chi connectivity index (χ3v) is 1.71. The molecule has 0 aliphatic heterocycles. The summed E-state index contributed by atoms with van der Waals surface area (Å²) in [6.45, 7) is 0.566. The standard InChI is InChI=1S/C6H10O.C3H8O2/c7-6-4-2-1-3-5-6;1-5-3-2-4/h1-5H2;4H,2-3H2,1H3. The molecule has 12 heavy (non-hydrogen) atoms. The summed E-state index contributed by atoms with van der Waals surface area (Å²) in [5.41, 5.74) is 0. The van der Waals surface area contributed by atoms with E-state index < -0.39 is 0 Å². The molecule has 1 fully saturated rings. The van der Waals surface area contributed by atoms with Crippen LogP contribution in [-0.4, -0.2) is 31.2 Å². The molecular weight excluding hydrogens is 156 g/mol. The summed E-state index contributed by atoms with van der Waals surface area (Å²) in [4.78, 5) is 10.5. The topological polar surface area (TPSA) is 46.5 Å². The molecule has 72 valence electrons. The Kier molecular flexibility index (Phi) is 8.39. The van der Waals surface area contributed by atoms with E-state index in [-0.39, 0.29) is 6.61 Å². The van der Waals surface area contributed by atoms with Gasteiger partial charge < -0.3 is 9.84 Å². The number of ether oxygens (including phenoxy) is 1. The summed E-state index contributed by atoms with van der Waals surface area (Å²) >= 11 is 0. The lowest BCUT2D eigenvalue weighted by molar-refractivity contribution is -0.120. The third-order valence-electron chi connectivity index (χ3n) is 1.71. The number of Topliss-reactive ketones (excluding diaryl/α,β-unsaturated/α-hetero) is 1. The van der Waals surface area contributed by atoms with E-state index in [1.54, 1.807) is 7.11 Å². The van der Waals surface area contributed by atoms with E-state index in [1.165, 1.54) is 6.42 Å². The number of hydrogen-bond donors (Lipinski definition) is 1. The average Bonchev–Trinajstić information content (AvgIpc) is 2.08. The fourth-order valence-electron chi connectivity index (χ4n) is 1.04. The molecule has 0 heterocycles. The van der Waals surface area contributed by atoms with Gasteiger partial charge in [0, 0.05) is 20.0 Å². The summed E-state index contributed by atoms with van der Waals surface area (Å²) < 4.78 is 4.44. The second kappa shape index (κ2) is 8.68. The molecule has 0 amide bonds. The molecule has 0 saturated heterocycles. The number of rotatable bonds is 2. The molecule has 1 saturated carbocycles. The predicted octanol–water partition coefficient (Wildman–Crippen LogP) is 1.14. The first-order valence-corrected chi connectivity index (χ1v) is 4.42. The zero-order chi connectivity index (χ0) is 9.23. The van der Waals surface area contributed by atoms with Gasteiger partial charge in [0.15, 0.2) is 0 Å². The summed E-state index contributed by atoms with van der Waals surface area (Å²) in [7, 11) is 1.55. The quantitative estimate of drug-likeness (QED) is 0.683. The molecule has 0 bridgehead atoms. The normalized spacial score (nSPS) is 16.7. The number of methoxy groups -OCH3 is 1. The third kappa shape index (κ3) is 7.69. The van der Waals surface area contributed by atoms with Crippen molar-refractivity contribution in [2.24, 2.45) is 0 Å². The van der Waals surface area contributed by atoms with Gasteiger partial charge in [-0.2, -0.15) is 0 Å². The molecule has 1 aliphatic carbocycles. The lowest BCUT2D eigenvalue weighted by atomic mass is 10.00. The number of carbonyl (C=O) groups is 1. The molecule has 1 rings (SSSR count). The molecular formula is C9H18O3.